The summed E-state index contributed by atoms with van der Waals surface area (Å²) in [5.74, 6) is -1.75. The van der Waals surface area contributed by atoms with E-state index in [1.165, 1.54) is 48.5 Å². The van der Waals surface area contributed by atoms with E-state index in [2.05, 4.69) is 0 Å². The Morgan fingerprint density at radius 1 is 0.656 bits per heavy atom. The van der Waals surface area contributed by atoms with E-state index in [9.17, 15) is 30.0 Å². The Bertz CT molecular complexity index is 1070. The van der Waals surface area contributed by atoms with E-state index in [0.717, 1.165) is 11.1 Å². The van der Waals surface area contributed by atoms with Crippen LogP contribution >= 0.6 is 0 Å². The first-order chi connectivity index (χ1) is 15.2. The van der Waals surface area contributed by atoms with Gasteiger partial charge in [-0.15, -0.1) is 0 Å². The van der Waals surface area contributed by atoms with Crippen LogP contribution in [0.4, 0.5) is 0 Å². The van der Waals surface area contributed by atoms with Crippen molar-refractivity contribution in [1.29, 1.82) is 0 Å². The average molecular weight is 436 g/mol. The van der Waals surface area contributed by atoms with Crippen LogP contribution < -0.4 is 5.73 Å². The van der Waals surface area contributed by atoms with Crippen molar-refractivity contribution in [3.63, 3.8) is 0 Å². The molecule has 3 aromatic rings. The molecule has 6 N–H and O–H groups in total. The number of carbonyl (C=O) groups is 2. The molecule has 0 atom stereocenters. The lowest BCUT2D eigenvalue weighted by Gasteiger charge is -2.23. The van der Waals surface area contributed by atoms with E-state index in [0.29, 0.717) is 37.1 Å². The van der Waals surface area contributed by atoms with Gasteiger partial charge in [0.05, 0.1) is 0 Å². The fraction of sp³-hybridized carbons (Fsp3) is 0.167. The van der Waals surface area contributed by atoms with Gasteiger partial charge >= 0.3 is 0 Å². The number of phenols is 4. The molecule has 32 heavy (non-hydrogen) atoms. The number of nitrogens with two attached hydrogens (primary N) is 1. The van der Waals surface area contributed by atoms with Gasteiger partial charge in [0.1, 0.15) is 0 Å². The number of hydrogen-bond donors (Lipinski definition) is 5. The Morgan fingerprint density at radius 3 is 1.50 bits per heavy atom. The molecular formula is C24H24N2O6. The molecule has 166 valence electrons. The van der Waals surface area contributed by atoms with Crippen LogP contribution in [-0.2, 0) is 12.8 Å². The second-order valence-electron chi connectivity index (χ2n) is 7.38. The fourth-order valence-corrected chi connectivity index (χ4v) is 3.25. The minimum atomic E-state index is -0.583. The molecule has 0 saturated carbocycles. The quantitative estimate of drug-likeness (QED) is 0.343. The van der Waals surface area contributed by atoms with E-state index in [1.807, 2.05) is 0 Å². The maximum Gasteiger partial charge on any atom is 0.253 e. The zero-order chi connectivity index (χ0) is 23.3. The van der Waals surface area contributed by atoms with Crippen molar-refractivity contribution in [2.75, 3.05) is 13.1 Å². The van der Waals surface area contributed by atoms with Crippen molar-refractivity contribution in [2.45, 2.75) is 12.8 Å². The van der Waals surface area contributed by atoms with E-state index in [-0.39, 0.29) is 28.9 Å². The van der Waals surface area contributed by atoms with Crippen molar-refractivity contribution in [3.05, 3.63) is 82.9 Å². The highest BCUT2D eigenvalue weighted by Crippen LogP contribution is 2.26. The van der Waals surface area contributed by atoms with E-state index >= 15 is 0 Å². The predicted octanol–water partition coefficient (Wildman–Crippen LogP) is 2.54. The number of amides is 2. The monoisotopic (exact) mass is 436 g/mol. The summed E-state index contributed by atoms with van der Waals surface area (Å²) in [5.41, 5.74) is 7.42. The number of benzene rings is 3. The summed E-state index contributed by atoms with van der Waals surface area (Å²) in [5, 5.41) is 38.4. The van der Waals surface area contributed by atoms with Gasteiger partial charge in [-0.2, -0.15) is 0 Å². The maximum atomic E-state index is 13.1. The van der Waals surface area contributed by atoms with Gasteiger partial charge in [-0.25, -0.2) is 0 Å². The van der Waals surface area contributed by atoms with Crippen LogP contribution in [0.15, 0.2) is 60.7 Å². The molecule has 0 aromatic heterocycles. The molecule has 0 aliphatic carbocycles. The zero-order valence-corrected chi connectivity index (χ0v) is 17.2. The minimum Gasteiger partial charge on any atom is -0.504 e. The standard InChI is InChI=1S/C24H24N2O6/c25-23(31)17-3-5-18(6-4-17)24(32)26(11-9-15-1-7-19(27)21(29)13-15)12-10-16-2-8-20(28)22(30)14-16/h1-8,13-14,27-30H,9-12H2,(H2,25,31). The second kappa shape index (κ2) is 9.74. The van der Waals surface area contributed by atoms with Gasteiger partial charge in [0.2, 0.25) is 5.91 Å². The lowest BCUT2D eigenvalue weighted by atomic mass is 10.1. The first-order valence-corrected chi connectivity index (χ1v) is 9.95. The molecule has 2 amide bonds. The molecule has 0 spiro atoms. The minimum absolute atomic E-state index is 0.219. The third kappa shape index (κ3) is 5.48. The molecule has 0 bridgehead atoms. The summed E-state index contributed by atoms with van der Waals surface area (Å²) >= 11 is 0. The molecule has 0 aliphatic heterocycles. The van der Waals surface area contributed by atoms with Crippen molar-refractivity contribution < 1.29 is 30.0 Å². The molecular weight excluding hydrogens is 412 g/mol. The molecule has 8 nitrogen and oxygen atoms in total. The molecule has 8 heteroatoms. The highest BCUT2D eigenvalue weighted by molar-refractivity contribution is 5.97. The van der Waals surface area contributed by atoms with Crippen molar-refractivity contribution in [1.82, 2.24) is 4.90 Å². The topological polar surface area (TPSA) is 144 Å². The summed E-state index contributed by atoms with van der Waals surface area (Å²) in [6, 6.07) is 15.0. The number of aromatic hydroxyl groups is 4. The smallest absolute Gasteiger partial charge is 0.253 e. The molecule has 0 fully saturated rings. The third-order valence-corrected chi connectivity index (χ3v) is 5.12. The third-order valence-electron chi connectivity index (χ3n) is 5.12. The Balaban J connectivity index is 1.78. The molecule has 0 radical (unpaired) electrons. The lowest BCUT2D eigenvalue weighted by Crippen LogP contribution is -2.34. The van der Waals surface area contributed by atoms with Gasteiger partial charge in [0.25, 0.3) is 5.91 Å². The first kappa shape index (κ1) is 22.5. The number of hydrogen-bond acceptors (Lipinski definition) is 6. The van der Waals surface area contributed by atoms with Crippen LogP contribution in [0.3, 0.4) is 0 Å². The van der Waals surface area contributed by atoms with Gasteiger partial charge in [-0.1, -0.05) is 12.1 Å². The van der Waals surface area contributed by atoms with Crippen molar-refractivity contribution in [3.8, 4) is 23.0 Å². The SMILES string of the molecule is NC(=O)c1ccc(C(=O)N(CCc2ccc(O)c(O)c2)CCc2ccc(O)c(O)c2)cc1. The Hall–Kier alpha value is -4.20. The summed E-state index contributed by atoms with van der Waals surface area (Å²) in [6.45, 7) is 0.648. The number of rotatable bonds is 8. The molecule has 0 unspecified atom stereocenters. The van der Waals surface area contributed by atoms with Crippen LogP contribution in [0.1, 0.15) is 31.8 Å². The highest BCUT2D eigenvalue weighted by atomic mass is 16.3. The summed E-state index contributed by atoms with van der Waals surface area (Å²) < 4.78 is 0. The predicted molar refractivity (Wildman–Crippen MR) is 118 cm³/mol. The van der Waals surface area contributed by atoms with Crippen LogP contribution in [0, 0.1) is 0 Å². The number of primary amides is 1. The van der Waals surface area contributed by atoms with E-state index in [1.54, 1.807) is 17.0 Å². The first-order valence-electron chi connectivity index (χ1n) is 9.95. The normalized spacial score (nSPS) is 10.6. The van der Waals surface area contributed by atoms with E-state index in [4.69, 9.17) is 5.73 Å². The fourth-order valence-electron chi connectivity index (χ4n) is 3.25. The van der Waals surface area contributed by atoms with Crippen molar-refractivity contribution in [2.24, 2.45) is 5.73 Å². The highest BCUT2D eigenvalue weighted by Gasteiger charge is 2.17. The summed E-state index contributed by atoms with van der Waals surface area (Å²) in [6.07, 6.45) is 0.861. The van der Waals surface area contributed by atoms with Gasteiger partial charge in [0.15, 0.2) is 23.0 Å². The Kier molecular flexibility index (Phi) is 6.84. The number of nitrogens with zero attached hydrogens (tertiary/aromatic N) is 1. The largest absolute Gasteiger partial charge is 0.504 e. The molecule has 0 heterocycles. The second-order valence-corrected chi connectivity index (χ2v) is 7.38. The Labute approximate surface area is 184 Å². The maximum absolute atomic E-state index is 13.1. The van der Waals surface area contributed by atoms with Crippen molar-refractivity contribution >= 4 is 11.8 Å². The molecule has 3 aromatic carbocycles. The average Bonchev–Trinajstić information content (AvgIpc) is 2.78. The van der Waals surface area contributed by atoms with Crippen LogP contribution in [0.25, 0.3) is 0 Å². The van der Waals surface area contributed by atoms with Crippen LogP contribution in [0.2, 0.25) is 0 Å². The Morgan fingerprint density at radius 2 is 1.09 bits per heavy atom. The molecule has 0 aliphatic rings. The lowest BCUT2D eigenvalue weighted by molar-refractivity contribution is 0.0758. The molecule has 3 rings (SSSR count). The van der Waals surface area contributed by atoms with Crippen LogP contribution in [0.5, 0.6) is 23.0 Å². The number of carbonyl (C=O) groups excluding carboxylic acids is 2. The zero-order valence-electron chi connectivity index (χ0n) is 17.2. The van der Waals surface area contributed by atoms with Gasteiger partial charge in [-0.05, 0) is 72.5 Å². The van der Waals surface area contributed by atoms with E-state index < -0.39 is 5.91 Å². The summed E-state index contributed by atoms with van der Waals surface area (Å²) in [4.78, 5) is 26.0. The molecule has 0 saturated heterocycles. The van der Waals surface area contributed by atoms with Gasteiger partial charge < -0.3 is 31.1 Å². The van der Waals surface area contributed by atoms with Crippen LogP contribution in [-0.4, -0.2) is 50.2 Å². The summed E-state index contributed by atoms with van der Waals surface area (Å²) in [7, 11) is 0. The van der Waals surface area contributed by atoms with Gasteiger partial charge in [-0.3, -0.25) is 9.59 Å². The number of phenolic OH excluding ortho intramolecular Hbond substituents is 4. The van der Waals surface area contributed by atoms with Gasteiger partial charge in [0, 0.05) is 24.2 Å².